The molecule has 118 valence electrons. The molecule has 0 saturated heterocycles. The van der Waals surface area contributed by atoms with Gasteiger partial charge in [-0.25, -0.2) is 0 Å². The summed E-state index contributed by atoms with van der Waals surface area (Å²) in [5, 5.41) is 7.93. The molecular formula is C17H18N4O2. The van der Waals surface area contributed by atoms with Crippen LogP contribution in [0.25, 0.3) is 10.9 Å². The van der Waals surface area contributed by atoms with Gasteiger partial charge in [0.25, 0.3) is 0 Å². The number of hydrogen-bond donors (Lipinski definition) is 1. The first-order valence-electron chi connectivity index (χ1n) is 7.35. The molecule has 1 amide bonds. The van der Waals surface area contributed by atoms with Crippen molar-refractivity contribution in [2.75, 3.05) is 12.4 Å². The molecule has 2 aromatic heterocycles. The van der Waals surface area contributed by atoms with E-state index in [9.17, 15) is 4.79 Å². The molecule has 0 spiro atoms. The lowest BCUT2D eigenvalue weighted by Crippen LogP contribution is -2.12. The van der Waals surface area contributed by atoms with Crippen LogP contribution in [0.3, 0.4) is 0 Å². The van der Waals surface area contributed by atoms with Crippen molar-refractivity contribution in [2.24, 2.45) is 7.05 Å². The second-order valence-corrected chi connectivity index (χ2v) is 5.35. The summed E-state index contributed by atoms with van der Waals surface area (Å²) in [4.78, 5) is 16.4. The van der Waals surface area contributed by atoms with Crippen molar-refractivity contribution in [3.8, 4) is 5.75 Å². The van der Waals surface area contributed by atoms with Gasteiger partial charge in [0.15, 0.2) is 0 Å². The maximum Gasteiger partial charge on any atom is 0.224 e. The number of nitrogens with one attached hydrogen (secondary N) is 1. The number of fused-ring (bicyclic) bond motifs is 1. The lowest BCUT2D eigenvalue weighted by atomic mass is 10.2. The summed E-state index contributed by atoms with van der Waals surface area (Å²) in [5.74, 6) is 0.724. The number of carbonyl (C=O) groups is 1. The summed E-state index contributed by atoms with van der Waals surface area (Å²) >= 11 is 0. The van der Waals surface area contributed by atoms with Crippen LogP contribution in [0.5, 0.6) is 5.75 Å². The number of benzene rings is 1. The predicted molar refractivity (Wildman–Crippen MR) is 88.5 cm³/mol. The Bertz CT molecular complexity index is 841. The first-order valence-corrected chi connectivity index (χ1v) is 7.35. The number of hydrogen-bond acceptors (Lipinski definition) is 4. The molecule has 0 aliphatic carbocycles. The molecule has 1 aromatic carbocycles. The number of nitrogens with zero attached hydrogens (tertiary/aromatic N) is 3. The van der Waals surface area contributed by atoms with E-state index >= 15 is 0 Å². The van der Waals surface area contributed by atoms with Crippen LogP contribution in [-0.2, 0) is 18.3 Å². The number of aryl methyl sites for hydroxylation is 2. The minimum Gasteiger partial charge on any atom is -0.497 e. The molecular weight excluding hydrogens is 292 g/mol. The van der Waals surface area contributed by atoms with Crippen LogP contribution in [0.4, 0.5) is 5.69 Å². The molecule has 6 nitrogen and oxygen atoms in total. The Morgan fingerprint density at radius 2 is 2.17 bits per heavy atom. The van der Waals surface area contributed by atoms with E-state index in [1.807, 2.05) is 37.5 Å². The van der Waals surface area contributed by atoms with E-state index in [0.717, 1.165) is 22.2 Å². The molecule has 0 saturated carbocycles. The number of amides is 1. The molecule has 23 heavy (non-hydrogen) atoms. The van der Waals surface area contributed by atoms with E-state index in [-0.39, 0.29) is 5.91 Å². The van der Waals surface area contributed by atoms with Crippen molar-refractivity contribution >= 4 is 22.5 Å². The summed E-state index contributed by atoms with van der Waals surface area (Å²) in [6.45, 7) is 0. The van der Waals surface area contributed by atoms with Crippen LogP contribution in [0, 0.1) is 0 Å². The van der Waals surface area contributed by atoms with E-state index in [1.54, 1.807) is 24.2 Å². The van der Waals surface area contributed by atoms with Gasteiger partial charge < -0.3 is 10.1 Å². The van der Waals surface area contributed by atoms with Gasteiger partial charge in [0.2, 0.25) is 5.91 Å². The highest BCUT2D eigenvalue weighted by atomic mass is 16.5. The van der Waals surface area contributed by atoms with E-state index in [1.165, 1.54) is 0 Å². The quantitative estimate of drug-likeness (QED) is 0.786. The van der Waals surface area contributed by atoms with Crippen molar-refractivity contribution in [3.63, 3.8) is 0 Å². The van der Waals surface area contributed by atoms with Crippen molar-refractivity contribution < 1.29 is 9.53 Å². The molecule has 3 aromatic rings. The number of methoxy groups -OCH3 is 1. The summed E-state index contributed by atoms with van der Waals surface area (Å²) in [5.41, 5.74) is 2.57. The van der Waals surface area contributed by atoms with Gasteiger partial charge in [-0.2, -0.15) is 5.10 Å². The molecule has 0 fully saturated rings. The van der Waals surface area contributed by atoms with E-state index in [0.29, 0.717) is 18.5 Å². The van der Waals surface area contributed by atoms with Gasteiger partial charge in [-0.3, -0.25) is 14.5 Å². The zero-order valence-corrected chi connectivity index (χ0v) is 13.1. The van der Waals surface area contributed by atoms with Crippen molar-refractivity contribution in [1.82, 2.24) is 14.8 Å². The summed E-state index contributed by atoms with van der Waals surface area (Å²) in [7, 11) is 3.48. The van der Waals surface area contributed by atoms with Crippen LogP contribution in [-0.4, -0.2) is 27.8 Å². The van der Waals surface area contributed by atoms with Gasteiger partial charge in [0.05, 0.1) is 30.7 Å². The molecule has 0 aliphatic rings. The van der Waals surface area contributed by atoms with Gasteiger partial charge >= 0.3 is 0 Å². The highest BCUT2D eigenvalue weighted by molar-refractivity contribution is 5.93. The first-order chi connectivity index (χ1) is 11.1. The maximum atomic E-state index is 12.0. The van der Waals surface area contributed by atoms with E-state index < -0.39 is 0 Å². The van der Waals surface area contributed by atoms with Crippen molar-refractivity contribution in [3.05, 3.63) is 48.4 Å². The molecule has 2 heterocycles. The maximum absolute atomic E-state index is 12.0. The zero-order valence-electron chi connectivity index (χ0n) is 13.1. The van der Waals surface area contributed by atoms with Crippen LogP contribution in [0.2, 0.25) is 0 Å². The van der Waals surface area contributed by atoms with Gasteiger partial charge in [-0.15, -0.1) is 0 Å². The normalized spacial score (nSPS) is 10.7. The Balaban J connectivity index is 1.64. The third kappa shape index (κ3) is 3.66. The standard InChI is InChI=1S/C17H18N4O2/c1-21-11-12(9-19-21)3-6-17(22)20-14-7-13-4-5-15(23-2)8-16(13)18-10-14/h4-5,7-11H,3,6H2,1-2H3,(H,20,22). The zero-order chi connectivity index (χ0) is 16.2. The van der Waals surface area contributed by atoms with Crippen LogP contribution in [0.15, 0.2) is 42.9 Å². The molecule has 3 rings (SSSR count). The monoisotopic (exact) mass is 310 g/mol. The van der Waals surface area contributed by atoms with Gasteiger partial charge in [-0.1, -0.05) is 0 Å². The number of carbonyl (C=O) groups excluding carboxylic acids is 1. The Labute approximate surface area is 134 Å². The summed E-state index contributed by atoms with van der Waals surface area (Å²) in [6, 6.07) is 7.57. The number of aromatic nitrogens is 3. The minimum atomic E-state index is -0.0384. The van der Waals surface area contributed by atoms with Crippen LogP contribution in [0.1, 0.15) is 12.0 Å². The highest BCUT2D eigenvalue weighted by Gasteiger charge is 2.06. The highest BCUT2D eigenvalue weighted by Crippen LogP contribution is 2.21. The van der Waals surface area contributed by atoms with E-state index in [4.69, 9.17) is 4.74 Å². The Hall–Kier alpha value is -2.89. The van der Waals surface area contributed by atoms with Crippen molar-refractivity contribution in [2.45, 2.75) is 12.8 Å². The number of anilines is 1. The fourth-order valence-electron chi connectivity index (χ4n) is 2.38. The molecule has 1 N–H and O–H groups in total. The smallest absolute Gasteiger partial charge is 0.224 e. The van der Waals surface area contributed by atoms with Crippen molar-refractivity contribution in [1.29, 1.82) is 0 Å². The Morgan fingerprint density at radius 3 is 2.91 bits per heavy atom. The molecule has 0 radical (unpaired) electrons. The second kappa shape index (κ2) is 6.48. The average molecular weight is 310 g/mol. The number of rotatable bonds is 5. The van der Waals surface area contributed by atoms with Gasteiger partial charge in [-0.05, 0) is 30.2 Å². The molecule has 0 bridgehead atoms. The van der Waals surface area contributed by atoms with Gasteiger partial charge in [0, 0.05) is 31.1 Å². The number of pyridine rings is 1. The molecule has 0 atom stereocenters. The Kier molecular flexibility index (Phi) is 4.23. The predicted octanol–water partition coefficient (Wildman–Crippen LogP) is 2.55. The fourth-order valence-corrected chi connectivity index (χ4v) is 2.38. The molecule has 0 unspecified atom stereocenters. The minimum absolute atomic E-state index is 0.0384. The SMILES string of the molecule is COc1ccc2cc(NC(=O)CCc3cnn(C)c3)cnc2c1. The molecule has 0 aliphatic heterocycles. The summed E-state index contributed by atoms with van der Waals surface area (Å²) in [6.07, 6.45) is 6.42. The first kappa shape index (κ1) is 15.0. The largest absolute Gasteiger partial charge is 0.497 e. The third-order valence-electron chi connectivity index (χ3n) is 3.57. The lowest BCUT2D eigenvalue weighted by molar-refractivity contribution is -0.116. The number of ether oxygens (including phenoxy) is 1. The summed E-state index contributed by atoms with van der Waals surface area (Å²) < 4.78 is 6.91. The molecule has 6 heteroatoms. The average Bonchev–Trinajstić information content (AvgIpc) is 2.98. The van der Waals surface area contributed by atoms with Gasteiger partial charge in [0.1, 0.15) is 5.75 Å². The van der Waals surface area contributed by atoms with Crippen LogP contribution < -0.4 is 10.1 Å². The second-order valence-electron chi connectivity index (χ2n) is 5.35. The van der Waals surface area contributed by atoms with E-state index in [2.05, 4.69) is 15.4 Å². The third-order valence-corrected chi connectivity index (χ3v) is 3.57. The fraction of sp³-hybridized carbons (Fsp3) is 0.235. The van der Waals surface area contributed by atoms with Crippen LogP contribution >= 0.6 is 0 Å². The lowest BCUT2D eigenvalue weighted by Gasteiger charge is -2.07. The topological polar surface area (TPSA) is 69.0 Å². The Morgan fingerprint density at radius 1 is 1.30 bits per heavy atom.